The van der Waals surface area contributed by atoms with Gasteiger partial charge in [0.05, 0.1) is 34.4 Å². The molecular formula is C76H146NO8+. The maximum Gasteiger partial charge on any atom is 0.361 e. The number of rotatable bonds is 71. The van der Waals surface area contributed by atoms with Crippen LogP contribution in [-0.4, -0.2) is 87.4 Å². The third-order valence-electron chi connectivity index (χ3n) is 17.2. The van der Waals surface area contributed by atoms with E-state index in [4.69, 9.17) is 18.9 Å². The quantitative estimate of drug-likeness (QED) is 0.0211. The van der Waals surface area contributed by atoms with Crippen LogP contribution in [0.25, 0.3) is 0 Å². The highest BCUT2D eigenvalue weighted by Crippen LogP contribution is 2.19. The first-order chi connectivity index (χ1) is 41.6. The topological polar surface area (TPSA) is 108 Å². The number of carbonyl (C=O) groups excluding carboxylic acids is 2. The minimum Gasteiger partial charge on any atom is -0.477 e. The third kappa shape index (κ3) is 69.1. The van der Waals surface area contributed by atoms with Crippen LogP contribution >= 0.6 is 0 Å². The molecule has 0 aliphatic heterocycles. The standard InChI is InChI=1S/C76H145NO8/c1-6-8-10-12-14-16-18-20-22-24-26-28-30-31-32-33-34-35-36-37-38-39-40-41-42-43-45-47-49-51-53-55-57-59-61-63-65-67-74(79)85-72(71-84-76(75(80)81)82-69-68-77(3,4)5)70-83-73(78)66-64-62-60-58-56-54-52-50-48-46-44-29-27-25-23-21-19-17-15-13-11-9-7-2/h24-27,72,76H,6-23,28-71H2,1-5H3/p+1/b26-24-,27-25-. The summed E-state index contributed by atoms with van der Waals surface area (Å²) >= 11 is 0. The molecule has 0 aromatic heterocycles. The number of likely N-dealkylation sites (N-methyl/N-ethyl adjacent to an activating group) is 1. The number of unbranched alkanes of at least 4 members (excludes halogenated alkanes) is 52. The average molecular weight is 1200 g/mol. The number of carboxylic acids is 1. The van der Waals surface area contributed by atoms with E-state index in [0.717, 1.165) is 38.5 Å². The van der Waals surface area contributed by atoms with Crippen molar-refractivity contribution >= 4 is 17.9 Å². The summed E-state index contributed by atoms with van der Waals surface area (Å²) in [6, 6.07) is 0. The fourth-order valence-electron chi connectivity index (χ4n) is 11.4. The van der Waals surface area contributed by atoms with Gasteiger partial charge in [-0.2, -0.15) is 0 Å². The summed E-state index contributed by atoms with van der Waals surface area (Å²) in [5.74, 6) is -1.97. The maximum absolute atomic E-state index is 13.0. The van der Waals surface area contributed by atoms with Crippen molar-refractivity contribution in [1.29, 1.82) is 0 Å². The largest absolute Gasteiger partial charge is 0.477 e. The monoisotopic (exact) mass is 1200 g/mol. The molecule has 0 radical (unpaired) electrons. The van der Waals surface area contributed by atoms with Crippen LogP contribution in [-0.2, 0) is 33.3 Å². The number of carbonyl (C=O) groups is 3. The number of esters is 2. The molecule has 0 spiro atoms. The second-order valence-electron chi connectivity index (χ2n) is 27.0. The lowest BCUT2D eigenvalue weighted by molar-refractivity contribution is -0.870. The number of quaternary nitrogens is 1. The molecule has 0 bridgehead atoms. The Labute approximate surface area is 528 Å². The highest BCUT2D eigenvalue weighted by Gasteiger charge is 2.25. The Morgan fingerprint density at radius 2 is 0.600 bits per heavy atom. The zero-order chi connectivity index (χ0) is 61.9. The van der Waals surface area contributed by atoms with E-state index in [2.05, 4.69) is 38.2 Å². The van der Waals surface area contributed by atoms with E-state index < -0.39 is 18.4 Å². The highest BCUT2D eigenvalue weighted by molar-refractivity contribution is 5.71. The van der Waals surface area contributed by atoms with E-state index in [0.29, 0.717) is 17.4 Å². The Morgan fingerprint density at radius 3 is 0.871 bits per heavy atom. The summed E-state index contributed by atoms with van der Waals surface area (Å²) in [4.78, 5) is 37.6. The van der Waals surface area contributed by atoms with Gasteiger partial charge >= 0.3 is 17.9 Å². The summed E-state index contributed by atoms with van der Waals surface area (Å²) in [6.45, 7) is 4.95. The molecule has 1 N–H and O–H groups in total. The molecule has 0 rings (SSSR count). The smallest absolute Gasteiger partial charge is 0.361 e. The molecule has 0 saturated carbocycles. The van der Waals surface area contributed by atoms with Crippen molar-refractivity contribution < 1.29 is 42.9 Å². The van der Waals surface area contributed by atoms with E-state index in [1.54, 1.807) is 0 Å². The number of hydrogen-bond acceptors (Lipinski definition) is 7. The number of ether oxygens (including phenoxy) is 4. The van der Waals surface area contributed by atoms with Gasteiger partial charge in [0.25, 0.3) is 6.29 Å². The van der Waals surface area contributed by atoms with Gasteiger partial charge in [-0.1, -0.05) is 334 Å². The van der Waals surface area contributed by atoms with Crippen LogP contribution in [0, 0.1) is 0 Å². The minimum atomic E-state index is -1.51. The fourth-order valence-corrected chi connectivity index (χ4v) is 11.4. The van der Waals surface area contributed by atoms with Crippen LogP contribution in [0.1, 0.15) is 386 Å². The van der Waals surface area contributed by atoms with Crippen LogP contribution in [0.3, 0.4) is 0 Å². The van der Waals surface area contributed by atoms with Crippen molar-refractivity contribution in [3.8, 4) is 0 Å². The molecular weight excluding hydrogens is 1050 g/mol. The molecule has 502 valence electrons. The summed E-state index contributed by atoms with van der Waals surface area (Å²) in [7, 11) is 5.99. The first-order valence-corrected chi connectivity index (χ1v) is 37.5. The van der Waals surface area contributed by atoms with Gasteiger partial charge in [0.15, 0.2) is 6.10 Å². The van der Waals surface area contributed by atoms with Crippen molar-refractivity contribution in [3.05, 3.63) is 24.3 Å². The molecule has 9 heteroatoms. The molecule has 0 heterocycles. The molecule has 0 aliphatic carbocycles. The molecule has 9 nitrogen and oxygen atoms in total. The Morgan fingerprint density at radius 1 is 0.341 bits per heavy atom. The summed E-state index contributed by atoms with van der Waals surface area (Å²) in [5.41, 5.74) is 0. The molecule has 85 heavy (non-hydrogen) atoms. The molecule has 0 aromatic rings. The second kappa shape index (κ2) is 67.7. The fraction of sp³-hybridized carbons (Fsp3) is 0.908. The van der Waals surface area contributed by atoms with Crippen molar-refractivity contribution in [2.24, 2.45) is 0 Å². The Bertz CT molecular complexity index is 1440. The van der Waals surface area contributed by atoms with Crippen molar-refractivity contribution in [2.75, 3.05) is 47.5 Å². The van der Waals surface area contributed by atoms with Gasteiger partial charge in [0, 0.05) is 12.8 Å². The Kier molecular flexibility index (Phi) is 65.9. The lowest BCUT2D eigenvalue weighted by Gasteiger charge is -2.25. The van der Waals surface area contributed by atoms with Crippen molar-refractivity contribution in [2.45, 2.75) is 399 Å². The number of hydrogen-bond donors (Lipinski definition) is 1. The lowest BCUT2D eigenvalue weighted by Crippen LogP contribution is -2.40. The number of allylic oxidation sites excluding steroid dienone is 4. The van der Waals surface area contributed by atoms with Gasteiger partial charge in [-0.15, -0.1) is 0 Å². The molecule has 0 aliphatic rings. The normalized spacial score (nSPS) is 12.7. The predicted octanol–water partition coefficient (Wildman–Crippen LogP) is 23.4. The van der Waals surface area contributed by atoms with Gasteiger partial charge in [-0.25, -0.2) is 4.79 Å². The first kappa shape index (κ1) is 82.8. The van der Waals surface area contributed by atoms with E-state index >= 15 is 0 Å². The minimum absolute atomic E-state index is 0.176. The molecule has 0 fully saturated rings. The molecule has 2 unspecified atom stereocenters. The van der Waals surface area contributed by atoms with E-state index in [1.807, 2.05) is 21.1 Å². The van der Waals surface area contributed by atoms with Crippen LogP contribution in [0.5, 0.6) is 0 Å². The SMILES string of the molecule is CCCCCCCCCC/C=C\CCCCCCCCCCCCCCCCCCCCCCCCCCCC(=O)OC(COC(=O)CCCCCCCCCCCCC/C=C\CCCCCCCCCC)COC(OCC[N+](C)(C)C)C(=O)O. The first-order valence-electron chi connectivity index (χ1n) is 37.5. The zero-order valence-corrected chi connectivity index (χ0v) is 57.6. The van der Waals surface area contributed by atoms with E-state index in [9.17, 15) is 19.5 Å². The van der Waals surface area contributed by atoms with Crippen LogP contribution in [0.15, 0.2) is 24.3 Å². The van der Waals surface area contributed by atoms with Crippen molar-refractivity contribution in [3.63, 3.8) is 0 Å². The van der Waals surface area contributed by atoms with Gasteiger partial charge in [-0.05, 0) is 64.2 Å². The van der Waals surface area contributed by atoms with Crippen LogP contribution in [0.2, 0.25) is 0 Å². The van der Waals surface area contributed by atoms with Gasteiger partial charge in [-0.3, -0.25) is 9.59 Å². The van der Waals surface area contributed by atoms with Gasteiger partial charge in [0.1, 0.15) is 13.2 Å². The summed E-state index contributed by atoms with van der Waals surface area (Å²) < 4.78 is 23.0. The third-order valence-corrected chi connectivity index (χ3v) is 17.2. The number of aliphatic carboxylic acids is 1. The number of carboxylic acid groups (broad SMARTS) is 1. The Hall–Kier alpha value is -2.23. The van der Waals surface area contributed by atoms with E-state index in [-0.39, 0.29) is 38.2 Å². The van der Waals surface area contributed by atoms with Gasteiger partial charge < -0.3 is 28.5 Å². The number of nitrogens with zero attached hydrogens (tertiary/aromatic N) is 1. The molecule has 2 atom stereocenters. The van der Waals surface area contributed by atoms with Crippen molar-refractivity contribution in [1.82, 2.24) is 0 Å². The average Bonchev–Trinajstić information content (AvgIpc) is 3.48. The highest BCUT2D eigenvalue weighted by atomic mass is 16.7. The second-order valence-corrected chi connectivity index (χ2v) is 27.0. The van der Waals surface area contributed by atoms with Crippen LogP contribution < -0.4 is 0 Å². The van der Waals surface area contributed by atoms with Crippen LogP contribution in [0.4, 0.5) is 0 Å². The lowest BCUT2D eigenvalue weighted by atomic mass is 10.0. The predicted molar refractivity (Wildman–Crippen MR) is 364 cm³/mol. The summed E-state index contributed by atoms with van der Waals surface area (Å²) in [6.07, 6.45) is 81.8. The zero-order valence-electron chi connectivity index (χ0n) is 57.6. The summed E-state index contributed by atoms with van der Waals surface area (Å²) in [5, 5.41) is 9.75. The molecule has 0 saturated heterocycles. The van der Waals surface area contributed by atoms with E-state index in [1.165, 1.54) is 321 Å². The maximum atomic E-state index is 13.0. The molecule has 0 amide bonds. The Balaban J connectivity index is 3.98. The molecule has 0 aromatic carbocycles. The van der Waals surface area contributed by atoms with Gasteiger partial charge in [0.2, 0.25) is 0 Å².